The fraction of sp³-hybridized carbons (Fsp3) is 0.0811. The topological polar surface area (TPSA) is 22.9 Å². The van der Waals surface area contributed by atoms with Crippen LogP contribution in [0.5, 0.6) is 5.75 Å². The smallest absolute Gasteiger partial charge is 0.556 e. The summed E-state index contributed by atoms with van der Waals surface area (Å²) in [6.45, 7) is -1.37. The molecule has 6 aromatic rings. The van der Waals surface area contributed by atoms with Crippen LogP contribution >= 0.6 is 11.6 Å². The van der Waals surface area contributed by atoms with Gasteiger partial charge in [0.2, 0.25) is 0 Å². The lowest BCUT2D eigenvalue weighted by Crippen LogP contribution is -3.24. The molecule has 0 radical (unpaired) electrons. The first-order valence-electron chi connectivity index (χ1n) is 14.5. The summed E-state index contributed by atoms with van der Waals surface area (Å²) in [4.78, 5) is 1.24. The van der Waals surface area contributed by atoms with Crippen LogP contribution in [0.3, 0.4) is 0 Å². The van der Waals surface area contributed by atoms with E-state index in [4.69, 9.17) is 20.9 Å². The highest BCUT2D eigenvalue weighted by molar-refractivity contribution is 6.75. The van der Waals surface area contributed by atoms with Crippen LogP contribution in [-0.4, -0.2) is 6.69 Å². The van der Waals surface area contributed by atoms with Gasteiger partial charge in [-0.15, -0.1) is 0 Å². The molecule has 2 unspecified atom stereocenters. The highest BCUT2D eigenvalue weighted by Gasteiger charge is 2.67. The van der Waals surface area contributed by atoms with Crippen molar-refractivity contribution in [2.75, 3.05) is 0 Å². The Bertz CT molecular complexity index is 1840. The quantitative estimate of drug-likeness (QED) is 0.237. The molecule has 5 heteroatoms. The van der Waals surface area contributed by atoms with E-state index < -0.39 is 12.3 Å². The van der Waals surface area contributed by atoms with E-state index in [1.54, 1.807) is 0 Å². The monoisotopic (exact) mass is 565 g/mol. The lowest BCUT2D eigenvalue weighted by atomic mass is 9.60. The molecular weight excluding hydrogens is 537 g/mol. The lowest BCUT2D eigenvalue weighted by Gasteiger charge is -2.46. The molecule has 2 aliphatic rings. The van der Waals surface area contributed by atoms with Crippen LogP contribution < -0.4 is 14.9 Å². The van der Waals surface area contributed by atoms with Crippen LogP contribution in [-0.2, 0) is 16.8 Å². The summed E-state index contributed by atoms with van der Waals surface area (Å²) in [7, 11) is 0. The molecule has 0 saturated carbocycles. The maximum atomic E-state index is 7.73. The number of nitrogens with one attached hydrogen (secondary N) is 1. The number of fused-ring (bicyclic) bond motifs is 4. The molecule has 3 nitrogen and oxygen atoms in total. The Kier molecular flexibility index (Phi) is 5.97. The van der Waals surface area contributed by atoms with Crippen molar-refractivity contribution >= 4 is 34.5 Å². The first-order valence-corrected chi connectivity index (χ1v) is 14.9. The first-order chi connectivity index (χ1) is 20.7. The highest BCUT2D eigenvalue weighted by Crippen LogP contribution is 2.50. The number of hydrogen-bond donors (Lipinski definition) is 1. The number of rotatable bonds is 4. The summed E-state index contributed by atoms with van der Waals surface area (Å²) in [5.41, 5.74) is 4.75. The molecule has 2 heterocycles. The molecule has 3 atom stereocenters. The van der Waals surface area contributed by atoms with Gasteiger partial charge in [-0.05, 0) is 40.1 Å². The molecular formula is C37H29BClNO2. The van der Waals surface area contributed by atoms with Crippen LogP contribution in [0.2, 0.25) is 5.02 Å². The van der Waals surface area contributed by atoms with E-state index in [0.29, 0.717) is 5.02 Å². The van der Waals surface area contributed by atoms with Crippen molar-refractivity contribution in [3.63, 3.8) is 0 Å². The Balaban J connectivity index is 1.47. The molecule has 1 N–H and O–H groups in total. The number of hydrogen-bond acceptors (Lipinski definition) is 2. The summed E-state index contributed by atoms with van der Waals surface area (Å²) >= 11 is 6.43. The van der Waals surface area contributed by atoms with Crippen molar-refractivity contribution in [3.8, 4) is 5.75 Å². The van der Waals surface area contributed by atoms with Crippen molar-refractivity contribution in [2.45, 2.75) is 18.2 Å². The minimum Gasteiger partial charge on any atom is -0.637 e. The summed E-state index contributed by atoms with van der Waals surface area (Å²) in [6, 6.07) is 52.8. The van der Waals surface area contributed by atoms with Gasteiger partial charge in [0.15, 0.2) is 0 Å². The van der Waals surface area contributed by atoms with Crippen LogP contribution in [0.25, 0.3) is 10.8 Å². The molecule has 1 fully saturated rings. The van der Waals surface area contributed by atoms with Gasteiger partial charge < -0.3 is 14.1 Å². The largest absolute Gasteiger partial charge is 0.637 e. The zero-order valence-corrected chi connectivity index (χ0v) is 23.7. The molecule has 6 aromatic carbocycles. The van der Waals surface area contributed by atoms with E-state index >= 15 is 0 Å². The summed E-state index contributed by atoms with van der Waals surface area (Å²) in [5.74, 6) is 0.871. The molecule has 0 aromatic heterocycles. The number of halogens is 1. The van der Waals surface area contributed by atoms with E-state index in [1.165, 1.54) is 26.7 Å². The van der Waals surface area contributed by atoms with Gasteiger partial charge in [-0.2, -0.15) is 0 Å². The van der Waals surface area contributed by atoms with Crippen molar-refractivity contribution < 1.29 is 14.1 Å². The Hall–Kier alpha value is -4.35. The lowest BCUT2D eigenvalue weighted by molar-refractivity contribution is -0.850. The normalized spacial score (nSPS) is 22.2. The molecule has 42 heavy (non-hydrogen) atoms. The molecule has 2 aliphatic heterocycles. The Morgan fingerprint density at radius 2 is 1.24 bits per heavy atom. The molecule has 0 spiro atoms. The van der Waals surface area contributed by atoms with E-state index in [1.807, 2.05) is 12.1 Å². The standard InChI is InChI=1S/C37H29BClNO2/c39-32-23-21-31(22-24-32)38-40(26-34-33-19-11-10-12-27(33)20-25-35(34)41-38)36(28-13-4-1-5-14-28)37(42-38,29-15-6-2-7-16-29)30-17-8-3-9-18-30/h1-25,36,40H,26H2/t36-,38?/m1/s1. The second kappa shape index (κ2) is 9.89. The third-order valence-electron chi connectivity index (χ3n) is 9.14. The van der Waals surface area contributed by atoms with E-state index in [0.717, 1.165) is 28.9 Å². The minimum absolute atomic E-state index is 0.119. The van der Waals surface area contributed by atoms with Crippen molar-refractivity contribution in [3.05, 3.63) is 179 Å². The maximum absolute atomic E-state index is 7.73. The first kappa shape index (κ1) is 25.4. The maximum Gasteiger partial charge on any atom is 0.556 e. The van der Waals surface area contributed by atoms with Gasteiger partial charge in [0.1, 0.15) is 11.6 Å². The average molecular weight is 566 g/mol. The van der Waals surface area contributed by atoms with Crippen LogP contribution in [0.4, 0.5) is 0 Å². The van der Waals surface area contributed by atoms with Crippen molar-refractivity contribution in [1.29, 1.82) is 0 Å². The van der Waals surface area contributed by atoms with Crippen LogP contribution in [0, 0.1) is 0 Å². The van der Waals surface area contributed by atoms with Gasteiger partial charge in [-0.1, -0.05) is 151 Å². The van der Waals surface area contributed by atoms with Gasteiger partial charge >= 0.3 is 6.69 Å². The van der Waals surface area contributed by atoms with Gasteiger partial charge in [0.05, 0.1) is 12.3 Å². The molecule has 8 rings (SSSR count). The second-order valence-corrected chi connectivity index (χ2v) is 11.8. The summed E-state index contributed by atoms with van der Waals surface area (Å²) < 4.78 is 15.0. The fourth-order valence-corrected chi connectivity index (χ4v) is 7.51. The van der Waals surface area contributed by atoms with Gasteiger partial charge in [0.25, 0.3) is 0 Å². The third-order valence-corrected chi connectivity index (χ3v) is 9.39. The summed E-state index contributed by atoms with van der Waals surface area (Å²) in [5, 5.41) is 3.11. The van der Waals surface area contributed by atoms with Crippen LogP contribution in [0.1, 0.15) is 28.3 Å². The Morgan fingerprint density at radius 1 is 0.643 bits per heavy atom. The molecule has 0 amide bonds. The molecule has 0 bridgehead atoms. The number of quaternary nitrogens is 1. The minimum atomic E-state index is -2.10. The van der Waals surface area contributed by atoms with E-state index in [-0.39, 0.29) is 6.04 Å². The zero-order valence-electron chi connectivity index (χ0n) is 23.0. The number of benzene rings is 6. The summed E-state index contributed by atoms with van der Waals surface area (Å²) in [6.07, 6.45) is 0. The Labute approximate surface area is 250 Å². The van der Waals surface area contributed by atoms with Crippen molar-refractivity contribution in [2.24, 2.45) is 0 Å². The SMILES string of the molecule is Clc1ccc([B-]23Oc4ccc5ccccc5c4C[NH+]2[C@H](c2ccccc2)C(c2ccccc2)(c2ccccc2)O3)cc1. The second-order valence-electron chi connectivity index (χ2n) is 11.3. The average Bonchev–Trinajstić information content (AvgIpc) is 3.37. The predicted molar refractivity (Wildman–Crippen MR) is 170 cm³/mol. The van der Waals surface area contributed by atoms with Crippen LogP contribution in [0.15, 0.2) is 152 Å². The molecule has 1 saturated heterocycles. The molecule has 204 valence electrons. The fourth-order valence-electron chi connectivity index (χ4n) is 7.38. The van der Waals surface area contributed by atoms with E-state index in [2.05, 4.69) is 140 Å². The molecule has 0 aliphatic carbocycles. The highest BCUT2D eigenvalue weighted by atomic mass is 35.5. The zero-order chi connectivity index (χ0) is 28.1. The van der Waals surface area contributed by atoms with Crippen molar-refractivity contribution in [1.82, 2.24) is 0 Å². The van der Waals surface area contributed by atoms with Gasteiger partial charge in [-0.25, -0.2) is 0 Å². The Morgan fingerprint density at radius 3 is 1.90 bits per heavy atom. The predicted octanol–water partition coefficient (Wildman–Crippen LogP) is 6.83. The third kappa shape index (κ3) is 3.76. The van der Waals surface area contributed by atoms with Gasteiger partial charge in [-0.3, -0.25) is 0 Å². The van der Waals surface area contributed by atoms with E-state index in [9.17, 15) is 0 Å². The van der Waals surface area contributed by atoms with Gasteiger partial charge in [0, 0.05) is 16.1 Å².